The highest BCUT2D eigenvalue weighted by molar-refractivity contribution is 5.89. The SMILES string of the molecule is CCOc1cc(/C=C(/C)[N+](=O)[O-])ccc1OC(=O)/C=C/c1ccc([N+](=O)[O-])cc1. The van der Waals surface area contributed by atoms with E-state index in [0.29, 0.717) is 17.7 Å². The molecule has 0 aromatic heterocycles. The van der Waals surface area contributed by atoms with Crippen molar-refractivity contribution < 1.29 is 24.1 Å². The Bertz CT molecular complexity index is 979. The number of nitro benzene ring substituents is 1. The predicted molar refractivity (Wildman–Crippen MR) is 106 cm³/mol. The largest absolute Gasteiger partial charge is 0.490 e. The molecule has 0 N–H and O–H groups in total. The Kier molecular flexibility index (Phi) is 7.19. The minimum absolute atomic E-state index is 0.0387. The second-order valence-electron chi connectivity index (χ2n) is 5.79. The van der Waals surface area contributed by atoms with Crippen LogP contribution in [0.5, 0.6) is 11.5 Å². The molecule has 0 aliphatic rings. The number of ether oxygens (including phenoxy) is 2. The number of nitrogens with zero attached hydrogens (tertiary/aromatic N) is 2. The topological polar surface area (TPSA) is 122 Å². The molecular formula is C20H18N2O7. The summed E-state index contributed by atoms with van der Waals surface area (Å²) in [5, 5.41) is 21.4. The summed E-state index contributed by atoms with van der Waals surface area (Å²) in [6, 6.07) is 10.3. The fourth-order valence-corrected chi connectivity index (χ4v) is 2.27. The number of carbonyl (C=O) groups is 1. The summed E-state index contributed by atoms with van der Waals surface area (Å²) in [4.78, 5) is 32.5. The summed E-state index contributed by atoms with van der Waals surface area (Å²) < 4.78 is 10.7. The van der Waals surface area contributed by atoms with Gasteiger partial charge in [0, 0.05) is 31.2 Å². The molecular weight excluding hydrogens is 380 g/mol. The van der Waals surface area contributed by atoms with Crippen molar-refractivity contribution in [2.24, 2.45) is 0 Å². The van der Waals surface area contributed by atoms with E-state index in [1.165, 1.54) is 55.5 Å². The summed E-state index contributed by atoms with van der Waals surface area (Å²) in [7, 11) is 0. The van der Waals surface area contributed by atoms with Gasteiger partial charge in [0.2, 0.25) is 5.70 Å². The Balaban J connectivity index is 2.14. The zero-order valence-electron chi connectivity index (χ0n) is 15.7. The van der Waals surface area contributed by atoms with Gasteiger partial charge in [-0.1, -0.05) is 6.07 Å². The van der Waals surface area contributed by atoms with Crippen LogP contribution >= 0.6 is 0 Å². The molecule has 150 valence electrons. The lowest BCUT2D eigenvalue weighted by molar-refractivity contribution is -0.422. The van der Waals surface area contributed by atoms with Gasteiger partial charge in [-0.25, -0.2) is 4.79 Å². The molecule has 0 fully saturated rings. The quantitative estimate of drug-likeness (QED) is 0.214. The van der Waals surface area contributed by atoms with Gasteiger partial charge in [-0.2, -0.15) is 0 Å². The van der Waals surface area contributed by atoms with Crippen molar-refractivity contribution >= 4 is 23.8 Å². The van der Waals surface area contributed by atoms with Crippen LogP contribution in [-0.4, -0.2) is 22.4 Å². The lowest BCUT2D eigenvalue weighted by Crippen LogP contribution is -2.06. The molecule has 9 nitrogen and oxygen atoms in total. The summed E-state index contributed by atoms with van der Waals surface area (Å²) in [6.45, 7) is 3.44. The monoisotopic (exact) mass is 398 g/mol. The molecule has 2 aromatic rings. The molecule has 29 heavy (non-hydrogen) atoms. The first-order valence-corrected chi connectivity index (χ1v) is 8.54. The molecule has 9 heteroatoms. The zero-order valence-corrected chi connectivity index (χ0v) is 15.7. The van der Waals surface area contributed by atoms with Crippen molar-refractivity contribution in [1.29, 1.82) is 0 Å². The average Bonchev–Trinajstić information content (AvgIpc) is 2.68. The van der Waals surface area contributed by atoms with Gasteiger partial charge in [-0.3, -0.25) is 20.2 Å². The number of hydrogen-bond acceptors (Lipinski definition) is 7. The molecule has 0 heterocycles. The standard InChI is InChI=1S/C20H18N2O7/c1-3-28-19-13-16(12-14(2)21(24)25)6-10-18(19)29-20(23)11-7-15-4-8-17(9-5-15)22(26)27/h4-13H,3H2,1-2H3/b11-7+,14-12-. The van der Waals surface area contributed by atoms with E-state index < -0.39 is 15.8 Å². The predicted octanol–water partition coefficient (Wildman–Crippen LogP) is 4.25. The van der Waals surface area contributed by atoms with Gasteiger partial charge in [-0.15, -0.1) is 0 Å². The number of nitro groups is 2. The lowest BCUT2D eigenvalue weighted by atomic mass is 10.1. The lowest BCUT2D eigenvalue weighted by Gasteiger charge is -2.10. The van der Waals surface area contributed by atoms with E-state index in [1.807, 2.05) is 0 Å². The third-order valence-electron chi connectivity index (χ3n) is 3.66. The Labute approximate surface area is 166 Å². The molecule has 0 radical (unpaired) electrons. The summed E-state index contributed by atoms with van der Waals surface area (Å²) in [5.74, 6) is -0.232. The van der Waals surface area contributed by atoms with E-state index in [2.05, 4.69) is 0 Å². The van der Waals surface area contributed by atoms with Crippen molar-refractivity contribution in [1.82, 2.24) is 0 Å². The number of hydrogen-bond donors (Lipinski definition) is 0. The smallest absolute Gasteiger partial charge is 0.336 e. The van der Waals surface area contributed by atoms with Crippen molar-refractivity contribution in [3.63, 3.8) is 0 Å². The zero-order chi connectivity index (χ0) is 21.4. The van der Waals surface area contributed by atoms with Gasteiger partial charge in [0.25, 0.3) is 5.69 Å². The Morgan fingerprint density at radius 3 is 2.28 bits per heavy atom. The maximum Gasteiger partial charge on any atom is 0.336 e. The summed E-state index contributed by atoms with van der Waals surface area (Å²) in [5.41, 5.74) is 1.04. The van der Waals surface area contributed by atoms with Gasteiger partial charge in [0.1, 0.15) is 0 Å². The van der Waals surface area contributed by atoms with E-state index in [0.717, 1.165) is 0 Å². The van der Waals surface area contributed by atoms with Crippen LogP contribution in [0.15, 0.2) is 54.2 Å². The first-order chi connectivity index (χ1) is 13.8. The fraction of sp³-hybridized carbons (Fsp3) is 0.150. The molecule has 0 unspecified atom stereocenters. The highest BCUT2D eigenvalue weighted by atomic mass is 16.6. The van der Waals surface area contributed by atoms with Gasteiger partial charge in [0.05, 0.1) is 16.5 Å². The molecule has 0 saturated carbocycles. The Morgan fingerprint density at radius 2 is 1.69 bits per heavy atom. The van der Waals surface area contributed by atoms with Gasteiger partial charge in [-0.05, 0) is 48.4 Å². The molecule has 0 atom stereocenters. The van der Waals surface area contributed by atoms with Crippen LogP contribution < -0.4 is 9.47 Å². The van der Waals surface area contributed by atoms with Gasteiger partial charge in [0.15, 0.2) is 11.5 Å². The molecule has 0 saturated heterocycles. The Hall–Kier alpha value is -4.01. The van der Waals surface area contributed by atoms with E-state index in [9.17, 15) is 25.0 Å². The number of allylic oxidation sites excluding steroid dienone is 1. The van der Waals surface area contributed by atoms with Crippen molar-refractivity contribution in [3.8, 4) is 11.5 Å². The first-order valence-electron chi connectivity index (χ1n) is 8.54. The normalized spacial score (nSPS) is 11.3. The molecule has 0 aliphatic carbocycles. The second kappa shape index (κ2) is 9.79. The van der Waals surface area contributed by atoms with Crippen LogP contribution in [0.3, 0.4) is 0 Å². The minimum atomic E-state index is -0.672. The number of non-ortho nitro benzene ring substituents is 1. The molecule has 2 aromatic carbocycles. The molecule has 2 rings (SSSR count). The van der Waals surface area contributed by atoms with Gasteiger partial charge < -0.3 is 9.47 Å². The van der Waals surface area contributed by atoms with E-state index in [-0.39, 0.29) is 22.9 Å². The van der Waals surface area contributed by atoms with Crippen LogP contribution in [-0.2, 0) is 4.79 Å². The van der Waals surface area contributed by atoms with Gasteiger partial charge >= 0.3 is 5.97 Å². The van der Waals surface area contributed by atoms with Crippen LogP contribution in [0.1, 0.15) is 25.0 Å². The van der Waals surface area contributed by atoms with Crippen LogP contribution in [0.2, 0.25) is 0 Å². The van der Waals surface area contributed by atoms with Crippen LogP contribution in [0, 0.1) is 20.2 Å². The maximum atomic E-state index is 12.1. The molecule has 0 spiro atoms. The maximum absolute atomic E-state index is 12.1. The number of esters is 1. The second-order valence-corrected chi connectivity index (χ2v) is 5.79. The third kappa shape index (κ3) is 6.28. The minimum Gasteiger partial charge on any atom is -0.490 e. The van der Waals surface area contributed by atoms with E-state index in [1.54, 1.807) is 19.1 Å². The molecule has 0 bridgehead atoms. The van der Waals surface area contributed by atoms with Crippen molar-refractivity contribution in [2.75, 3.05) is 6.61 Å². The first kappa shape index (κ1) is 21.3. The van der Waals surface area contributed by atoms with Crippen molar-refractivity contribution in [2.45, 2.75) is 13.8 Å². The molecule has 0 aliphatic heterocycles. The van der Waals surface area contributed by atoms with E-state index >= 15 is 0 Å². The average molecular weight is 398 g/mol. The number of carbonyl (C=O) groups excluding carboxylic acids is 1. The van der Waals surface area contributed by atoms with Crippen molar-refractivity contribution in [3.05, 3.63) is 85.6 Å². The number of rotatable bonds is 8. The number of benzene rings is 2. The molecule has 0 amide bonds. The Morgan fingerprint density at radius 1 is 1.03 bits per heavy atom. The van der Waals surface area contributed by atoms with Crippen LogP contribution in [0.25, 0.3) is 12.2 Å². The summed E-state index contributed by atoms with van der Waals surface area (Å²) in [6.07, 6.45) is 4.02. The third-order valence-corrected chi connectivity index (χ3v) is 3.66. The summed E-state index contributed by atoms with van der Waals surface area (Å²) >= 11 is 0. The van der Waals surface area contributed by atoms with Crippen LogP contribution in [0.4, 0.5) is 5.69 Å². The van der Waals surface area contributed by atoms with E-state index in [4.69, 9.17) is 9.47 Å². The highest BCUT2D eigenvalue weighted by Gasteiger charge is 2.11. The fourth-order valence-electron chi connectivity index (χ4n) is 2.27. The highest BCUT2D eigenvalue weighted by Crippen LogP contribution is 2.29.